The summed E-state index contributed by atoms with van der Waals surface area (Å²) < 4.78 is 18.4. The van der Waals surface area contributed by atoms with Gasteiger partial charge in [-0.25, -0.2) is 9.18 Å². The summed E-state index contributed by atoms with van der Waals surface area (Å²) in [4.78, 5) is 41.4. The lowest BCUT2D eigenvalue weighted by Crippen LogP contribution is -2.57. The smallest absolute Gasteiger partial charge is 0.331 e. The fraction of sp³-hybridized carbons (Fsp3) is 0.412. The van der Waals surface area contributed by atoms with E-state index in [0.29, 0.717) is 18.7 Å². The number of nitrogens with one attached hydrogen (secondary N) is 1. The number of amides is 4. The number of benzene rings is 1. The van der Waals surface area contributed by atoms with Crippen molar-refractivity contribution in [3.63, 3.8) is 0 Å². The van der Waals surface area contributed by atoms with Crippen LogP contribution in [0.25, 0.3) is 0 Å². The van der Waals surface area contributed by atoms with Crippen molar-refractivity contribution in [3.8, 4) is 0 Å². The van der Waals surface area contributed by atoms with Crippen LogP contribution in [0.4, 0.5) is 9.18 Å². The minimum Gasteiger partial charge on any atom is -0.376 e. The zero-order chi connectivity index (χ0) is 17.8. The Morgan fingerprint density at radius 3 is 2.72 bits per heavy atom. The molecule has 2 aliphatic heterocycles. The Labute approximate surface area is 143 Å². The number of ether oxygens (including phenoxy) is 1. The maximum atomic E-state index is 13.0. The first-order valence-corrected chi connectivity index (χ1v) is 8.07. The third-order valence-corrected chi connectivity index (χ3v) is 4.13. The maximum absolute atomic E-state index is 13.0. The van der Waals surface area contributed by atoms with Gasteiger partial charge in [-0.05, 0) is 30.5 Å². The Hall–Kier alpha value is -2.61. The average molecular weight is 347 g/mol. The number of carbonyl (C=O) groups is 3. The molecule has 3 rings (SSSR count). The fourth-order valence-electron chi connectivity index (χ4n) is 2.76. The number of imide groups is 2. The highest BCUT2D eigenvalue weighted by Gasteiger charge is 2.39. The van der Waals surface area contributed by atoms with Gasteiger partial charge in [-0.3, -0.25) is 24.8 Å². The quantitative estimate of drug-likeness (QED) is 0.642. The van der Waals surface area contributed by atoms with E-state index >= 15 is 0 Å². The van der Waals surface area contributed by atoms with Gasteiger partial charge in [0.1, 0.15) is 5.82 Å². The van der Waals surface area contributed by atoms with Gasteiger partial charge in [-0.2, -0.15) is 0 Å². The van der Waals surface area contributed by atoms with Gasteiger partial charge in [0, 0.05) is 12.8 Å². The molecule has 2 aliphatic rings. The highest BCUT2D eigenvalue weighted by Crippen LogP contribution is 2.15. The van der Waals surface area contributed by atoms with E-state index in [9.17, 15) is 18.8 Å². The maximum Gasteiger partial charge on any atom is 0.331 e. The van der Waals surface area contributed by atoms with E-state index in [0.717, 1.165) is 17.7 Å². The van der Waals surface area contributed by atoms with Gasteiger partial charge in [0.25, 0.3) is 0 Å². The highest BCUT2D eigenvalue weighted by atomic mass is 19.1. The average Bonchev–Trinajstić information content (AvgIpc) is 3.09. The lowest BCUT2D eigenvalue weighted by atomic mass is 10.1. The molecule has 1 aromatic carbocycles. The highest BCUT2D eigenvalue weighted by molar-refractivity contribution is 6.23. The summed E-state index contributed by atoms with van der Waals surface area (Å²) >= 11 is 0. The molecule has 25 heavy (non-hydrogen) atoms. The number of hydrogen-bond donors (Lipinski definition) is 1. The van der Waals surface area contributed by atoms with Crippen LogP contribution in [0.2, 0.25) is 0 Å². The summed E-state index contributed by atoms with van der Waals surface area (Å²) in [6, 6.07) is 4.66. The van der Waals surface area contributed by atoms with E-state index < -0.39 is 29.6 Å². The minimum absolute atomic E-state index is 0.00922. The molecule has 2 saturated heterocycles. The molecule has 0 aliphatic carbocycles. The van der Waals surface area contributed by atoms with Crippen LogP contribution in [0.3, 0.4) is 0 Å². The lowest BCUT2D eigenvalue weighted by Gasteiger charge is -2.28. The van der Waals surface area contributed by atoms with Crippen LogP contribution in [0, 0.1) is 11.7 Å². The van der Waals surface area contributed by atoms with Crippen molar-refractivity contribution in [2.45, 2.75) is 25.5 Å². The summed E-state index contributed by atoms with van der Waals surface area (Å²) in [6.07, 6.45) is 3.15. The number of halogens is 1. The Kier molecular flexibility index (Phi) is 5.18. The summed E-state index contributed by atoms with van der Waals surface area (Å²) in [5, 5.41) is 2.15. The molecule has 2 atom stereocenters. The standard InChI is InChI=1S/C17H18FN3O4/c18-12-5-3-11(4-6-12)10-21-16(23)14(15(22)20-17(21)24)9-19-8-13-2-1-7-25-13/h3-6,9,13-14H,1-2,7-8,10H2,(H,20,22,24)/t13-,14-/m0/s1. The van der Waals surface area contributed by atoms with Crippen LogP contribution in [-0.2, 0) is 20.9 Å². The molecule has 2 fully saturated rings. The van der Waals surface area contributed by atoms with E-state index in [2.05, 4.69) is 10.3 Å². The Balaban J connectivity index is 1.67. The molecule has 0 aromatic heterocycles. The molecule has 0 saturated carbocycles. The van der Waals surface area contributed by atoms with Gasteiger partial charge < -0.3 is 4.74 Å². The Bertz CT molecular complexity index is 698. The topological polar surface area (TPSA) is 88.1 Å². The SMILES string of the molecule is O=C1NC(=O)N(Cc2ccc(F)cc2)C(=O)[C@H]1C=NC[C@@H]1CCCO1. The van der Waals surface area contributed by atoms with Crippen LogP contribution in [0.15, 0.2) is 29.3 Å². The van der Waals surface area contributed by atoms with E-state index in [1.165, 1.54) is 30.5 Å². The molecule has 0 radical (unpaired) electrons. The molecule has 8 heteroatoms. The molecule has 2 heterocycles. The summed E-state index contributed by atoms with van der Waals surface area (Å²) in [5.41, 5.74) is 0.578. The monoisotopic (exact) mass is 347 g/mol. The van der Waals surface area contributed by atoms with Gasteiger partial charge in [0.05, 0.1) is 19.2 Å². The predicted octanol–water partition coefficient (Wildman–Crippen LogP) is 1.27. The molecule has 132 valence electrons. The van der Waals surface area contributed by atoms with Crippen LogP contribution in [-0.4, -0.2) is 48.2 Å². The molecule has 1 N–H and O–H groups in total. The molecule has 0 unspecified atom stereocenters. The summed E-state index contributed by atoms with van der Waals surface area (Å²) in [7, 11) is 0. The zero-order valence-electron chi connectivity index (χ0n) is 13.5. The Morgan fingerprint density at radius 2 is 2.04 bits per heavy atom. The third kappa shape index (κ3) is 4.08. The van der Waals surface area contributed by atoms with E-state index in [4.69, 9.17) is 4.74 Å². The first kappa shape index (κ1) is 17.2. The van der Waals surface area contributed by atoms with Crippen molar-refractivity contribution >= 4 is 24.1 Å². The number of hydrogen-bond acceptors (Lipinski definition) is 5. The van der Waals surface area contributed by atoms with Gasteiger partial charge in [0.2, 0.25) is 11.8 Å². The third-order valence-electron chi connectivity index (χ3n) is 4.13. The lowest BCUT2D eigenvalue weighted by molar-refractivity contribution is -0.139. The second kappa shape index (κ2) is 7.52. The van der Waals surface area contributed by atoms with E-state index in [1.54, 1.807) is 0 Å². The normalized spacial score (nSPS) is 24.2. The molecule has 1 aromatic rings. The molecule has 0 bridgehead atoms. The number of rotatable bonds is 5. The number of urea groups is 1. The largest absolute Gasteiger partial charge is 0.376 e. The van der Waals surface area contributed by atoms with Gasteiger partial charge in [-0.15, -0.1) is 0 Å². The van der Waals surface area contributed by atoms with Crippen LogP contribution >= 0.6 is 0 Å². The molecular formula is C17H18FN3O4. The number of carbonyl (C=O) groups excluding carboxylic acids is 3. The van der Waals surface area contributed by atoms with E-state index in [1.807, 2.05) is 0 Å². The second-order valence-electron chi connectivity index (χ2n) is 5.97. The Morgan fingerprint density at radius 1 is 1.28 bits per heavy atom. The van der Waals surface area contributed by atoms with Gasteiger partial charge in [0.15, 0.2) is 5.92 Å². The predicted molar refractivity (Wildman–Crippen MR) is 86.3 cm³/mol. The number of aliphatic imine (C=N–C) groups is 1. The molecule has 7 nitrogen and oxygen atoms in total. The summed E-state index contributed by atoms with van der Waals surface area (Å²) in [5.74, 6) is -2.90. The second-order valence-corrected chi connectivity index (χ2v) is 5.97. The first-order valence-electron chi connectivity index (χ1n) is 8.07. The first-order chi connectivity index (χ1) is 12.0. The minimum atomic E-state index is -1.15. The van der Waals surface area contributed by atoms with Crippen molar-refractivity contribution < 1.29 is 23.5 Å². The van der Waals surface area contributed by atoms with Crippen LogP contribution in [0.1, 0.15) is 18.4 Å². The van der Waals surface area contributed by atoms with Crippen LogP contribution < -0.4 is 5.32 Å². The van der Waals surface area contributed by atoms with Crippen molar-refractivity contribution in [2.24, 2.45) is 10.9 Å². The number of barbiturate groups is 1. The molecule has 0 spiro atoms. The van der Waals surface area contributed by atoms with Crippen molar-refractivity contribution in [1.82, 2.24) is 10.2 Å². The van der Waals surface area contributed by atoms with E-state index in [-0.39, 0.29) is 12.6 Å². The summed E-state index contributed by atoms with van der Waals surface area (Å²) in [6.45, 7) is 1.03. The van der Waals surface area contributed by atoms with Gasteiger partial charge >= 0.3 is 6.03 Å². The number of nitrogens with zero attached hydrogens (tertiary/aromatic N) is 2. The van der Waals surface area contributed by atoms with Crippen molar-refractivity contribution in [2.75, 3.05) is 13.2 Å². The van der Waals surface area contributed by atoms with Crippen molar-refractivity contribution in [1.29, 1.82) is 0 Å². The molecular weight excluding hydrogens is 329 g/mol. The van der Waals surface area contributed by atoms with Gasteiger partial charge in [-0.1, -0.05) is 12.1 Å². The molecule has 4 amide bonds. The zero-order valence-corrected chi connectivity index (χ0v) is 13.5. The van der Waals surface area contributed by atoms with Crippen molar-refractivity contribution in [3.05, 3.63) is 35.6 Å². The fourth-order valence-corrected chi connectivity index (χ4v) is 2.76. The van der Waals surface area contributed by atoms with Crippen LogP contribution in [0.5, 0.6) is 0 Å².